The van der Waals surface area contributed by atoms with E-state index in [-0.39, 0.29) is 0 Å². The molecule has 1 atom stereocenters. The molecule has 1 unspecified atom stereocenters. The molecule has 0 spiro atoms. The number of rotatable bonds is 2. The highest BCUT2D eigenvalue weighted by Gasteiger charge is 2.24. The van der Waals surface area contributed by atoms with Crippen LogP contribution in [0.1, 0.15) is 31.7 Å². The third kappa shape index (κ3) is 1.98. The minimum absolute atomic E-state index is 0.698. The molecule has 1 nitrogen and oxygen atoms in total. The van der Waals surface area contributed by atoms with Crippen LogP contribution < -0.4 is 0 Å². The maximum Gasteiger partial charge on any atom is 0.00535 e. The highest BCUT2D eigenvalue weighted by Crippen LogP contribution is 2.27. The molecular weight excluding hydrogens is 170 g/mol. The molecule has 76 valence electrons. The molecule has 1 heterocycles. The molecule has 1 aliphatic rings. The van der Waals surface area contributed by atoms with Gasteiger partial charge in [0.15, 0.2) is 0 Å². The Labute approximate surface area is 86.7 Å². The van der Waals surface area contributed by atoms with Crippen molar-refractivity contribution < 1.29 is 0 Å². The van der Waals surface area contributed by atoms with Gasteiger partial charge in [-0.1, -0.05) is 30.3 Å². The summed E-state index contributed by atoms with van der Waals surface area (Å²) in [5, 5.41) is 0. The van der Waals surface area contributed by atoms with Gasteiger partial charge in [0.25, 0.3) is 0 Å². The van der Waals surface area contributed by atoms with E-state index in [1.165, 1.54) is 25.1 Å². The van der Waals surface area contributed by atoms with Crippen molar-refractivity contribution in [3.63, 3.8) is 0 Å². The lowest BCUT2D eigenvalue weighted by molar-refractivity contribution is 0.272. The van der Waals surface area contributed by atoms with Gasteiger partial charge in [0, 0.05) is 12.6 Å². The SMILES string of the molecule is CC(C)N1CCC(c2ccccc2)C1. The molecule has 1 saturated heterocycles. The van der Waals surface area contributed by atoms with Crippen LogP contribution in [0.4, 0.5) is 0 Å². The van der Waals surface area contributed by atoms with Crippen molar-refractivity contribution in [3.05, 3.63) is 35.9 Å². The van der Waals surface area contributed by atoms with Gasteiger partial charge < -0.3 is 4.90 Å². The first-order valence-electron chi connectivity index (χ1n) is 5.56. The van der Waals surface area contributed by atoms with Gasteiger partial charge in [0.1, 0.15) is 0 Å². The second-order valence-corrected chi connectivity index (χ2v) is 4.48. The zero-order valence-electron chi connectivity index (χ0n) is 9.11. The summed E-state index contributed by atoms with van der Waals surface area (Å²) in [6, 6.07) is 11.6. The Morgan fingerprint density at radius 1 is 1.21 bits per heavy atom. The summed E-state index contributed by atoms with van der Waals surface area (Å²) >= 11 is 0. The summed E-state index contributed by atoms with van der Waals surface area (Å²) in [6.45, 7) is 7.07. The van der Waals surface area contributed by atoms with Crippen molar-refractivity contribution in [2.75, 3.05) is 13.1 Å². The number of benzene rings is 1. The van der Waals surface area contributed by atoms with Gasteiger partial charge >= 0.3 is 0 Å². The molecule has 1 aromatic carbocycles. The van der Waals surface area contributed by atoms with Crippen molar-refractivity contribution in [1.82, 2.24) is 4.90 Å². The lowest BCUT2D eigenvalue weighted by atomic mass is 9.99. The number of hydrogen-bond donors (Lipinski definition) is 0. The molecule has 0 aliphatic carbocycles. The minimum Gasteiger partial charge on any atom is -0.300 e. The fraction of sp³-hybridized carbons (Fsp3) is 0.538. The molecular formula is C13H19N. The van der Waals surface area contributed by atoms with Gasteiger partial charge in [-0.15, -0.1) is 0 Å². The fourth-order valence-corrected chi connectivity index (χ4v) is 2.25. The molecule has 0 saturated carbocycles. The first-order chi connectivity index (χ1) is 6.77. The Bertz CT molecular complexity index is 279. The van der Waals surface area contributed by atoms with Crippen LogP contribution in [-0.4, -0.2) is 24.0 Å². The molecule has 1 heteroatoms. The van der Waals surface area contributed by atoms with E-state index in [0.29, 0.717) is 6.04 Å². The van der Waals surface area contributed by atoms with Crippen LogP contribution in [0.3, 0.4) is 0 Å². The van der Waals surface area contributed by atoms with Gasteiger partial charge in [-0.25, -0.2) is 0 Å². The molecule has 1 aliphatic heterocycles. The van der Waals surface area contributed by atoms with E-state index in [4.69, 9.17) is 0 Å². The Balaban J connectivity index is 2.03. The molecule has 0 aromatic heterocycles. The summed E-state index contributed by atoms with van der Waals surface area (Å²) < 4.78 is 0. The van der Waals surface area contributed by atoms with Gasteiger partial charge in [-0.3, -0.25) is 0 Å². The Morgan fingerprint density at radius 2 is 1.93 bits per heavy atom. The van der Waals surface area contributed by atoms with Crippen LogP contribution >= 0.6 is 0 Å². The molecule has 0 radical (unpaired) electrons. The summed E-state index contributed by atoms with van der Waals surface area (Å²) in [5.74, 6) is 0.763. The molecule has 1 fully saturated rings. The maximum absolute atomic E-state index is 2.57. The lowest BCUT2D eigenvalue weighted by Gasteiger charge is -2.20. The Kier molecular flexibility index (Phi) is 2.87. The second-order valence-electron chi connectivity index (χ2n) is 4.48. The van der Waals surface area contributed by atoms with Crippen LogP contribution in [-0.2, 0) is 0 Å². The largest absolute Gasteiger partial charge is 0.300 e. The van der Waals surface area contributed by atoms with E-state index in [9.17, 15) is 0 Å². The quantitative estimate of drug-likeness (QED) is 0.691. The topological polar surface area (TPSA) is 3.24 Å². The van der Waals surface area contributed by atoms with Crippen LogP contribution in [0.2, 0.25) is 0 Å². The molecule has 0 amide bonds. The number of hydrogen-bond acceptors (Lipinski definition) is 1. The average molecular weight is 189 g/mol. The number of likely N-dealkylation sites (tertiary alicyclic amines) is 1. The first kappa shape index (κ1) is 9.72. The van der Waals surface area contributed by atoms with Gasteiger partial charge in [0.05, 0.1) is 0 Å². The smallest absolute Gasteiger partial charge is 0.00535 e. The lowest BCUT2D eigenvalue weighted by Crippen LogP contribution is -2.27. The van der Waals surface area contributed by atoms with Crippen LogP contribution in [0.25, 0.3) is 0 Å². The maximum atomic E-state index is 2.57. The van der Waals surface area contributed by atoms with Crippen molar-refractivity contribution in [1.29, 1.82) is 0 Å². The second kappa shape index (κ2) is 4.14. The van der Waals surface area contributed by atoms with E-state index in [0.717, 1.165) is 5.92 Å². The molecule has 14 heavy (non-hydrogen) atoms. The van der Waals surface area contributed by atoms with Crippen molar-refractivity contribution in [2.24, 2.45) is 0 Å². The van der Waals surface area contributed by atoms with Crippen LogP contribution in [0.15, 0.2) is 30.3 Å². The summed E-state index contributed by atoms with van der Waals surface area (Å²) in [5.41, 5.74) is 1.51. The molecule has 1 aromatic rings. The first-order valence-corrected chi connectivity index (χ1v) is 5.56. The van der Waals surface area contributed by atoms with Crippen molar-refractivity contribution in [2.45, 2.75) is 32.2 Å². The minimum atomic E-state index is 0.698. The Hall–Kier alpha value is -0.820. The van der Waals surface area contributed by atoms with E-state index >= 15 is 0 Å². The molecule has 0 N–H and O–H groups in total. The summed E-state index contributed by atoms with van der Waals surface area (Å²) in [6.07, 6.45) is 1.32. The van der Waals surface area contributed by atoms with E-state index in [1.54, 1.807) is 0 Å². The third-order valence-corrected chi connectivity index (χ3v) is 3.22. The van der Waals surface area contributed by atoms with E-state index in [1.807, 2.05) is 0 Å². The normalized spacial score (nSPS) is 23.2. The van der Waals surface area contributed by atoms with Crippen LogP contribution in [0, 0.1) is 0 Å². The highest BCUT2D eigenvalue weighted by atomic mass is 15.2. The predicted molar refractivity (Wildman–Crippen MR) is 60.5 cm³/mol. The fourth-order valence-electron chi connectivity index (χ4n) is 2.25. The zero-order chi connectivity index (χ0) is 9.97. The van der Waals surface area contributed by atoms with Gasteiger partial charge in [0.2, 0.25) is 0 Å². The van der Waals surface area contributed by atoms with Crippen molar-refractivity contribution in [3.8, 4) is 0 Å². The van der Waals surface area contributed by atoms with Gasteiger partial charge in [-0.05, 0) is 38.3 Å². The van der Waals surface area contributed by atoms with Crippen LogP contribution in [0.5, 0.6) is 0 Å². The average Bonchev–Trinajstić information content (AvgIpc) is 2.68. The standard InChI is InChI=1S/C13H19N/c1-11(2)14-9-8-13(10-14)12-6-4-3-5-7-12/h3-7,11,13H,8-10H2,1-2H3. The van der Waals surface area contributed by atoms with Crippen molar-refractivity contribution >= 4 is 0 Å². The highest BCUT2D eigenvalue weighted by molar-refractivity contribution is 5.21. The summed E-state index contributed by atoms with van der Waals surface area (Å²) in [4.78, 5) is 2.57. The van der Waals surface area contributed by atoms with Gasteiger partial charge in [-0.2, -0.15) is 0 Å². The number of nitrogens with zero attached hydrogens (tertiary/aromatic N) is 1. The summed E-state index contributed by atoms with van der Waals surface area (Å²) in [7, 11) is 0. The Morgan fingerprint density at radius 3 is 2.50 bits per heavy atom. The monoisotopic (exact) mass is 189 g/mol. The predicted octanol–water partition coefficient (Wildman–Crippen LogP) is 2.88. The van der Waals surface area contributed by atoms with E-state index in [2.05, 4.69) is 49.1 Å². The zero-order valence-corrected chi connectivity index (χ0v) is 9.11. The van der Waals surface area contributed by atoms with E-state index < -0.39 is 0 Å². The molecule has 0 bridgehead atoms. The third-order valence-electron chi connectivity index (χ3n) is 3.22. The molecule has 2 rings (SSSR count).